The molecule has 3 rings (SSSR count). The first-order chi connectivity index (χ1) is 12.1. The van der Waals surface area contributed by atoms with Gasteiger partial charge in [-0.2, -0.15) is 5.10 Å². The van der Waals surface area contributed by atoms with E-state index in [9.17, 15) is 0 Å². The van der Waals surface area contributed by atoms with Crippen molar-refractivity contribution in [2.24, 2.45) is 0 Å². The predicted octanol–water partition coefficient (Wildman–Crippen LogP) is 1.98. The third-order valence-electron chi connectivity index (χ3n) is 4.65. The summed E-state index contributed by atoms with van der Waals surface area (Å²) in [7, 11) is 0. The van der Waals surface area contributed by atoms with Crippen LogP contribution in [0.25, 0.3) is 0 Å². The monoisotopic (exact) mass is 343 g/mol. The molecule has 1 fully saturated rings. The summed E-state index contributed by atoms with van der Waals surface area (Å²) < 4.78 is 1.88. The lowest BCUT2D eigenvalue weighted by Crippen LogP contribution is -2.46. The maximum absolute atomic E-state index is 4.65. The van der Waals surface area contributed by atoms with Crippen molar-refractivity contribution in [3.8, 4) is 0 Å². The Hall–Kier alpha value is -2.02. The third-order valence-corrected chi connectivity index (χ3v) is 4.65. The first-order valence-electron chi connectivity index (χ1n) is 9.32. The third kappa shape index (κ3) is 4.98. The number of nitrogens with zero attached hydrogens (tertiary/aromatic N) is 6. The first kappa shape index (κ1) is 17.8. The molecule has 0 aromatic carbocycles. The lowest BCUT2D eigenvalue weighted by molar-refractivity contribution is 0.347. The van der Waals surface area contributed by atoms with Crippen LogP contribution in [0.1, 0.15) is 44.6 Å². The Kier molecular flexibility index (Phi) is 5.96. The molecule has 1 saturated heterocycles. The maximum Gasteiger partial charge on any atom is 0.137 e. The van der Waals surface area contributed by atoms with E-state index in [-0.39, 0.29) is 0 Å². The molecule has 7 heteroatoms. The SMILES string of the molecule is CCCc1cc(N2CCC(N[C@@H](C)Cn3cncn3)CC2)nc(C)n1. The van der Waals surface area contributed by atoms with Crippen LogP contribution in [0.4, 0.5) is 5.82 Å². The minimum absolute atomic E-state index is 0.385. The number of aromatic nitrogens is 5. The van der Waals surface area contributed by atoms with Gasteiger partial charge in [-0.25, -0.2) is 15.0 Å². The summed E-state index contributed by atoms with van der Waals surface area (Å²) in [6, 6.07) is 3.10. The highest BCUT2D eigenvalue weighted by Gasteiger charge is 2.22. The first-order valence-corrected chi connectivity index (χ1v) is 9.32. The largest absolute Gasteiger partial charge is 0.356 e. The highest BCUT2D eigenvalue weighted by atomic mass is 15.3. The molecule has 0 aliphatic carbocycles. The number of hydrogen-bond donors (Lipinski definition) is 1. The molecule has 1 atom stereocenters. The van der Waals surface area contributed by atoms with Crippen molar-refractivity contribution in [2.75, 3.05) is 18.0 Å². The predicted molar refractivity (Wildman–Crippen MR) is 98.6 cm³/mol. The van der Waals surface area contributed by atoms with E-state index in [0.29, 0.717) is 12.1 Å². The van der Waals surface area contributed by atoms with E-state index >= 15 is 0 Å². The van der Waals surface area contributed by atoms with Crippen LogP contribution in [-0.4, -0.2) is 49.9 Å². The summed E-state index contributed by atoms with van der Waals surface area (Å²) in [6.45, 7) is 9.31. The number of anilines is 1. The van der Waals surface area contributed by atoms with Crippen LogP contribution in [-0.2, 0) is 13.0 Å². The molecule has 1 aliphatic heterocycles. The molecule has 0 unspecified atom stereocenters. The Labute approximate surface area is 149 Å². The molecule has 0 bridgehead atoms. The van der Waals surface area contributed by atoms with Crippen LogP contribution in [0.15, 0.2) is 18.7 Å². The average molecular weight is 343 g/mol. The van der Waals surface area contributed by atoms with E-state index in [1.807, 2.05) is 11.6 Å². The zero-order valence-corrected chi connectivity index (χ0v) is 15.5. The fourth-order valence-electron chi connectivity index (χ4n) is 3.50. The van der Waals surface area contributed by atoms with Crippen molar-refractivity contribution in [3.05, 3.63) is 30.2 Å². The molecule has 1 N–H and O–H groups in total. The Balaban J connectivity index is 1.51. The van der Waals surface area contributed by atoms with Gasteiger partial charge >= 0.3 is 0 Å². The molecule has 0 radical (unpaired) electrons. The number of rotatable bonds is 7. The van der Waals surface area contributed by atoms with E-state index in [0.717, 1.165) is 62.7 Å². The molecule has 136 valence electrons. The molecular formula is C18H29N7. The smallest absolute Gasteiger partial charge is 0.137 e. The fraction of sp³-hybridized carbons (Fsp3) is 0.667. The van der Waals surface area contributed by atoms with Gasteiger partial charge in [-0.15, -0.1) is 0 Å². The van der Waals surface area contributed by atoms with Crippen LogP contribution in [0, 0.1) is 6.92 Å². The molecule has 2 aromatic heterocycles. The number of piperidine rings is 1. The lowest BCUT2D eigenvalue weighted by Gasteiger charge is -2.34. The topological polar surface area (TPSA) is 71.8 Å². The van der Waals surface area contributed by atoms with Gasteiger partial charge in [0.05, 0.1) is 6.54 Å². The van der Waals surface area contributed by atoms with E-state index < -0.39 is 0 Å². The molecule has 0 spiro atoms. The van der Waals surface area contributed by atoms with Gasteiger partial charge < -0.3 is 10.2 Å². The van der Waals surface area contributed by atoms with Gasteiger partial charge in [0, 0.05) is 36.9 Å². The number of hydrogen-bond acceptors (Lipinski definition) is 6. The van der Waals surface area contributed by atoms with Crippen molar-refractivity contribution in [2.45, 2.75) is 65.1 Å². The number of nitrogens with one attached hydrogen (secondary N) is 1. The second-order valence-electron chi connectivity index (χ2n) is 6.96. The second-order valence-corrected chi connectivity index (χ2v) is 6.96. The van der Waals surface area contributed by atoms with Gasteiger partial charge in [-0.05, 0) is 33.1 Å². The summed E-state index contributed by atoms with van der Waals surface area (Å²) in [5, 5.41) is 7.90. The van der Waals surface area contributed by atoms with Crippen LogP contribution in [0.3, 0.4) is 0 Å². The van der Waals surface area contributed by atoms with Gasteiger partial charge in [0.25, 0.3) is 0 Å². The highest BCUT2D eigenvalue weighted by molar-refractivity contribution is 5.40. The molecule has 1 aliphatic rings. The average Bonchev–Trinajstić information content (AvgIpc) is 3.08. The summed E-state index contributed by atoms with van der Waals surface area (Å²) in [4.78, 5) is 15.6. The van der Waals surface area contributed by atoms with Crippen LogP contribution < -0.4 is 10.2 Å². The van der Waals surface area contributed by atoms with Gasteiger partial charge in [-0.1, -0.05) is 13.3 Å². The highest BCUT2D eigenvalue weighted by Crippen LogP contribution is 2.20. The van der Waals surface area contributed by atoms with Gasteiger partial charge in [0.2, 0.25) is 0 Å². The summed E-state index contributed by atoms with van der Waals surface area (Å²) in [5.74, 6) is 1.97. The summed E-state index contributed by atoms with van der Waals surface area (Å²) in [6.07, 6.45) is 7.76. The van der Waals surface area contributed by atoms with Crippen molar-refractivity contribution >= 4 is 5.82 Å². The molecule has 25 heavy (non-hydrogen) atoms. The molecule has 3 heterocycles. The van der Waals surface area contributed by atoms with Gasteiger partial charge in [0.1, 0.15) is 24.3 Å². The minimum atomic E-state index is 0.385. The molecular weight excluding hydrogens is 314 g/mol. The maximum atomic E-state index is 4.65. The summed E-state index contributed by atoms with van der Waals surface area (Å²) in [5.41, 5.74) is 1.16. The Morgan fingerprint density at radius 2 is 2.08 bits per heavy atom. The Bertz CT molecular complexity index is 647. The van der Waals surface area contributed by atoms with E-state index in [4.69, 9.17) is 0 Å². The number of aryl methyl sites for hydroxylation is 2. The van der Waals surface area contributed by atoms with Crippen molar-refractivity contribution in [3.63, 3.8) is 0 Å². The van der Waals surface area contributed by atoms with Gasteiger partial charge in [-0.3, -0.25) is 4.68 Å². The molecule has 0 saturated carbocycles. The van der Waals surface area contributed by atoms with Crippen molar-refractivity contribution in [1.29, 1.82) is 0 Å². The zero-order valence-electron chi connectivity index (χ0n) is 15.5. The lowest BCUT2D eigenvalue weighted by atomic mass is 10.0. The van der Waals surface area contributed by atoms with E-state index in [1.165, 1.54) is 0 Å². The molecule has 0 amide bonds. The molecule has 2 aromatic rings. The van der Waals surface area contributed by atoms with Crippen LogP contribution in [0.5, 0.6) is 0 Å². The van der Waals surface area contributed by atoms with Crippen LogP contribution >= 0.6 is 0 Å². The van der Waals surface area contributed by atoms with Crippen molar-refractivity contribution < 1.29 is 0 Å². The quantitative estimate of drug-likeness (QED) is 0.829. The summed E-state index contributed by atoms with van der Waals surface area (Å²) >= 11 is 0. The van der Waals surface area contributed by atoms with Gasteiger partial charge in [0.15, 0.2) is 0 Å². The molecule has 7 nitrogen and oxygen atoms in total. The standard InChI is InChI=1S/C18H29N7/c1-4-5-17-10-18(23-15(3)22-17)24-8-6-16(7-9-24)21-14(2)11-25-13-19-12-20-25/h10,12-14,16,21H,4-9,11H2,1-3H3/t14-/m0/s1. The van der Waals surface area contributed by atoms with E-state index in [1.54, 1.807) is 12.7 Å². The minimum Gasteiger partial charge on any atom is -0.356 e. The normalized spacial score (nSPS) is 17.0. The zero-order chi connectivity index (χ0) is 17.6. The Morgan fingerprint density at radius 3 is 2.76 bits per heavy atom. The van der Waals surface area contributed by atoms with Crippen LogP contribution in [0.2, 0.25) is 0 Å². The van der Waals surface area contributed by atoms with Crippen molar-refractivity contribution in [1.82, 2.24) is 30.0 Å². The van der Waals surface area contributed by atoms with E-state index in [2.05, 4.69) is 50.2 Å². The Morgan fingerprint density at radius 1 is 1.28 bits per heavy atom. The fourth-order valence-corrected chi connectivity index (χ4v) is 3.50. The second kappa shape index (κ2) is 8.38.